The van der Waals surface area contributed by atoms with Crippen molar-refractivity contribution in [2.24, 2.45) is 0 Å². The summed E-state index contributed by atoms with van der Waals surface area (Å²) in [7, 11) is 0. The van der Waals surface area contributed by atoms with Crippen LogP contribution in [0.4, 0.5) is 0 Å². The Labute approximate surface area is 102 Å². The zero-order chi connectivity index (χ0) is 12.7. The van der Waals surface area contributed by atoms with Crippen molar-refractivity contribution >= 4 is 6.08 Å². The van der Waals surface area contributed by atoms with Gasteiger partial charge in [0.25, 0.3) is 0 Å². The first-order valence-corrected chi connectivity index (χ1v) is 5.81. The molecule has 1 rings (SSSR count). The fraction of sp³-hybridized carbons (Fsp3) is 0.462. The first kappa shape index (κ1) is 13.0. The zero-order valence-electron chi connectivity index (χ0n) is 10.1. The van der Waals surface area contributed by atoms with E-state index in [0.717, 1.165) is 19.4 Å². The lowest BCUT2D eigenvalue weighted by molar-refractivity contribution is 0.576. The van der Waals surface area contributed by atoms with Gasteiger partial charge in [-0.2, -0.15) is 10.5 Å². The molecular formula is C13H16N4. The van der Waals surface area contributed by atoms with E-state index in [0.29, 0.717) is 11.5 Å². The lowest BCUT2D eigenvalue weighted by atomic mass is 10.2. The molecule has 0 aliphatic heterocycles. The van der Waals surface area contributed by atoms with E-state index in [2.05, 4.69) is 18.5 Å². The number of imidazole rings is 1. The second-order valence-electron chi connectivity index (χ2n) is 3.81. The highest BCUT2D eigenvalue weighted by Crippen LogP contribution is 2.13. The van der Waals surface area contributed by atoms with Gasteiger partial charge in [-0.1, -0.05) is 32.8 Å². The molecule has 1 aromatic heterocycles. The van der Waals surface area contributed by atoms with Crippen LogP contribution in [0.25, 0.3) is 6.08 Å². The Morgan fingerprint density at radius 1 is 1.29 bits per heavy atom. The molecule has 0 atom stereocenters. The standard InChI is InChI=1S/C13H16N4/c1-3-5-6-7-8-17-12(10-15)11(9-14)16-13(17)4-2/h4H,2-3,5-8H2,1H3. The lowest BCUT2D eigenvalue weighted by Gasteiger charge is -2.05. The Hall–Kier alpha value is -2.07. The number of hydrogen-bond donors (Lipinski definition) is 0. The number of rotatable bonds is 6. The minimum atomic E-state index is 0.192. The molecule has 0 fully saturated rings. The molecule has 0 aliphatic rings. The van der Waals surface area contributed by atoms with E-state index in [1.165, 1.54) is 12.8 Å². The van der Waals surface area contributed by atoms with Crippen molar-refractivity contribution in [2.75, 3.05) is 0 Å². The molecule has 4 nitrogen and oxygen atoms in total. The highest BCUT2D eigenvalue weighted by Gasteiger charge is 2.14. The molecule has 88 valence electrons. The monoisotopic (exact) mass is 228 g/mol. The Morgan fingerprint density at radius 2 is 2.06 bits per heavy atom. The van der Waals surface area contributed by atoms with Crippen molar-refractivity contribution in [1.82, 2.24) is 9.55 Å². The van der Waals surface area contributed by atoms with Gasteiger partial charge in [0.15, 0.2) is 11.4 Å². The van der Waals surface area contributed by atoms with Crippen LogP contribution in [-0.2, 0) is 6.54 Å². The Morgan fingerprint density at radius 3 is 2.59 bits per heavy atom. The van der Waals surface area contributed by atoms with Crippen LogP contribution in [0.5, 0.6) is 0 Å². The van der Waals surface area contributed by atoms with Crippen LogP contribution in [0.2, 0.25) is 0 Å². The van der Waals surface area contributed by atoms with Gasteiger partial charge in [-0.15, -0.1) is 0 Å². The van der Waals surface area contributed by atoms with Crippen molar-refractivity contribution in [2.45, 2.75) is 39.2 Å². The van der Waals surface area contributed by atoms with Gasteiger partial charge >= 0.3 is 0 Å². The van der Waals surface area contributed by atoms with E-state index in [1.54, 1.807) is 10.6 Å². The molecule has 0 amide bonds. The number of hydrogen-bond acceptors (Lipinski definition) is 3. The second-order valence-corrected chi connectivity index (χ2v) is 3.81. The summed E-state index contributed by atoms with van der Waals surface area (Å²) in [5, 5.41) is 17.9. The van der Waals surface area contributed by atoms with Gasteiger partial charge in [0.1, 0.15) is 18.0 Å². The van der Waals surface area contributed by atoms with Gasteiger partial charge in [0.05, 0.1) is 0 Å². The second kappa shape index (κ2) is 6.50. The molecule has 4 heteroatoms. The topological polar surface area (TPSA) is 65.4 Å². The Bertz CT molecular complexity index is 471. The largest absolute Gasteiger partial charge is 0.315 e. The lowest BCUT2D eigenvalue weighted by Crippen LogP contribution is -2.03. The molecule has 0 aromatic carbocycles. The number of nitriles is 2. The van der Waals surface area contributed by atoms with Gasteiger partial charge in [-0.25, -0.2) is 4.98 Å². The molecule has 0 aliphatic carbocycles. The van der Waals surface area contributed by atoms with Crippen molar-refractivity contribution in [1.29, 1.82) is 10.5 Å². The summed E-state index contributed by atoms with van der Waals surface area (Å²) in [4.78, 5) is 4.08. The minimum absolute atomic E-state index is 0.192. The molecule has 1 heterocycles. The number of nitrogens with zero attached hydrogens (tertiary/aromatic N) is 4. The van der Waals surface area contributed by atoms with Crippen molar-refractivity contribution in [3.8, 4) is 12.1 Å². The van der Waals surface area contributed by atoms with Crippen LogP contribution in [0, 0.1) is 22.7 Å². The summed E-state index contributed by atoms with van der Waals surface area (Å²) in [6, 6.07) is 3.98. The quantitative estimate of drug-likeness (QED) is 0.703. The van der Waals surface area contributed by atoms with Crippen LogP contribution in [0.15, 0.2) is 6.58 Å². The first-order chi connectivity index (χ1) is 8.28. The third-order valence-corrected chi connectivity index (χ3v) is 2.63. The summed E-state index contributed by atoms with van der Waals surface area (Å²) in [6.45, 7) is 6.53. The van der Waals surface area contributed by atoms with Crippen molar-refractivity contribution in [3.05, 3.63) is 23.8 Å². The van der Waals surface area contributed by atoms with Gasteiger partial charge < -0.3 is 4.57 Å². The predicted octanol–water partition coefficient (Wildman–Crippen LogP) is 2.85. The maximum Gasteiger partial charge on any atom is 0.177 e. The molecule has 1 aromatic rings. The van der Waals surface area contributed by atoms with E-state index in [4.69, 9.17) is 10.5 Å². The highest BCUT2D eigenvalue weighted by atomic mass is 15.1. The molecule has 0 unspecified atom stereocenters. The maximum absolute atomic E-state index is 9.05. The van der Waals surface area contributed by atoms with E-state index >= 15 is 0 Å². The molecule has 0 radical (unpaired) electrons. The number of aromatic nitrogens is 2. The summed E-state index contributed by atoms with van der Waals surface area (Å²) >= 11 is 0. The molecule has 0 spiro atoms. The van der Waals surface area contributed by atoms with Crippen LogP contribution < -0.4 is 0 Å². The van der Waals surface area contributed by atoms with Crippen LogP contribution >= 0.6 is 0 Å². The fourth-order valence-electron chi connectivity index (χ4n) is 1.74. The zero-order valence-corrected chi connectivity index (χ0v) is 10.1. The molecule has 0 N–H and O–H groups in total. The van der Waals surface area contributed by atoms with Gasteiger partial charge in [-0.3, -0.25) is 0 Å². The average Bonchev–Trinajstić information content (AvgIpc) is 2.71. The fourth-order valence-corrected chi connectivity index (χ4v) is 1.74. The van der Waals surface area contributed by atoms with Crippen molar-refractivity contribution in [3.63, 3.8) is 0 Å². The van der Waals surface area contributed by atoms with E-state index in [-0.39, 0.29) is 5.69 Å². The van der Waals surface area contributed by atoms with E-state index in [1.807, 2.05) is 12.1 Å². The van der Waals surface area contributed by atoms with Gasteiger partial charge in [0, 0.05) is 6.54 Å². The van der Waals surface area contributed by atoms with Gasteiger partial charge in [-0.05, 0) is 12.5 Å². The van der Waals surface area contributed by atoms with Crippen molar-refractivity contribution < 1.29 is 0 Å². The minimum Gasteiger partial charge on any atom is -0.315 e. The predicted molar refractivity (Wildman–Crippen MR) is 65.9 cm³/mol. The third kappa shape index (κ3) is 2.95. The van der Waals surface area contributed by atoms with Crippen LogP contribution in [0.3, 0.4) is 0 Å². The molecular weight excluding hydrogens is 212 g/mol. The SMILES string of the molecule is C=Cc1nc(C#N)c(C#N)n1CCCCCC. The van der Waals surface area contributed by atoms with Gasteiger partial charge in [0.2, 0.25) is 0 Å². The number of unbranched alkanes of at least 4 members (excludes halogenated alkanes) is 3. The third-order valence-electron chi connectivity index (χ3n) is 2.63. The van der Waals surface area contributed by atoms with E-state index in [9.17, 15) is 0 Å². The van der Waals surface area contributed by atoms with E-state index < -0.39 is 0 Å². The average molecular weight is 228 g/mol. The maximum atomic E-state index is 9.05. The summed E-state index contributed by atoms with van der Waals surface area (Å²) in [5.41, 5.74) is 0.539. The first-order valence-electron chi connectivity index (χ1n) is 5.81. The van der Waals surface area contributed by atoms with Crippen LogP contribution in [-0.4, -0.2) is 9.55 Å². The summed E-state index contributed by atoms with van der Waals surface area (Å²) in [5.74, 6) is 0.606. The summed E-state index contributed by atoms with van der Waals surface area (Å²) in [6.07, 6.45) is 6.06. The Kier molecular flexibility index (Phi) is 4.97. The smallest absolute Gasteiger partial charge is 0.177 e. The molecule has 17 heavy (non-hydrogen) atoms. The molecule has 0 saturated carbocycles. The molecule has 0 bridgehead atoms. The highest BCUT2D eigenvalue weighted by molar-refractivity contribution is 5.47. The normalized spacial score (nSPS) is 9.59. The Balaban J connectivity index is 2.89. The molecule has 0 saturated heterocycles. The summed E-state index contributed by atoms with van der Waals surface area (Å²) < 4.78 is 1.78. The van der Waals surface area contributed by atoms with Crippen LogP contribution in [0.1, 0.15) is 49.8 Å².